The minimum absolute atomic E-state index is 0.193. The highest BCUT2D eigenvalue weighted by Crippen LogP contribution is 2.25. The number of rotatable bonds is 6. The predicted octanol–water partition coefficient (Wildman–Crippen LogP) is 2.77. The van der Waals surface area contributed by atoms with E-state index in [4.69, 9.17) is 4.74 Å². The lowest BCUT2D eigenvalue weighted by molar-refractivity contribution is -0.142. The van der Waals surface area contributed by atoms with Gasteiger partial charge in [0.1, 0.15) is 0 Å². The van der Waals surface area contributed by atoms with Crippen LogP contribution in [-0.4, -0.2) is 19.6 Å². The molecule has 0 amide bonds. The van der Waals surface area contributed by atoms with E-state index in [2.05, 4.69) is 43.4 Å². The van der Waals surface area contributed by atoms with Crippen molar-refractivity contribution in [1.29, 1.82) is 0 Å². The minimum Gasteiger partial charge on any atom is -0.469 e. The molecule has 0 saturated heterocycles. The number of carbonyl (C=O) groups is 1. The van der Waals surface area contributed by atoms with Gasteiger partial charge < -0.3 is 10.1 Å². The Morgan fingerprint density at radius 2 is 1.94 bits per heavy atom. The largest absolute Gasteiger partial charge is 0.469 e. The summed E-state index contributed by atoms with van der Waals surface area (Å²) < 4.78 is 4.79. The van der Waals surface area contributed by atoms with Gasteiger partial charge >= 0.3 is 5.97 Å². The second-order valence-electron chi connectivity index (χ2n) is 4.88. The second kappa shape index (κ2) is 6.55. The fraction of sp³-hybridized carbons (Fsp3) is 0.533. The van der Waals surface area contributed by atoms with Crippen LogP contribution < -0.4 is 5.32 Å². The average molecular weight is 249 g/mol. The maximum absolute atomic E-state index is 11.6. The van der Waals surface area contributed by atoms with Crippen LogP contribution in [0.3, 0.4) is 0 Å². The van der Waals surface area contributed by atoms with Gasteiger partial charge in [-0.15, -0.1) is 0 Å². The maximum atomic E-state index is 11.6. The number of carbonyl (C=O) groups excluding carboxylic acids is 1. The van der Waals surface area contributed by atoms with E-state index in [9.17, 15) is 4.79 Å². The fourth-order valence-electron chi connectivity index (χ4n) is 1.95. The van der Waals surface area contributed by atoms with Gasteiger partial charge in [0, 0.05) is 0 Å². The Bertz CT molecular complexity index is 386. The van der Waals surface area contributed by atoms with Crippen molar-refractivity contribution < 1.29 is 9.53 Å². The first-order valence-corrected chi connectivity index (χ1v) is 6.41. The normalized spacial score (nSPS) is 14.0. The number of benzene rings is 1. The summed E-state index contributed by atoms with van der Waals surface area (Å²) in [6.45, 7) is 7.09. The monoisotopic (exact) mass is 249 g/mol. The number of esters is 1. The van der Waals surface area contributed by atoms with Crippen LogP contribution in [0.15, 0.2) is 24.3 Å². The Morgan fingerprint density at radius 1 is 1.33 bits per heavy atom. The molecule has 0 heterocycles. The van der Waals surface area contributed by atoms with E-state index in [-0.39, 0.29) is 11.5 Å². The first kappa shape index (κ1) is 14.7. The molecule has 1 atom stereocenters. The van der Waals surface area contributed by atoms with Crippen molar-refractivity contribution in [3.05, 3.63) is 35.4 Å². The molecule has 0 fully saturated rings. The van der Waals surface area contributed by atoms with Gasteiger partial charge in [-0.1, -0.05) is 36.8 Å². The van der Waals surface area contributed by atoms with E-state index in [0.29, 0.717) is 6.42 Å². The molecule has 0 saturated carbocycles. The van der Waals surface area contributed by atoms with Gasteiger partial charge in [-0.2, -0.15) is 0 Å². The number of aryl methyl sites for hydroxylation is 1. The van der Waals surface area contributed by atoms with Gasteiger partial charge in [0.25, 0.3) is 0 Å². The average Bonchev–Trinajstić information content (AvgIpc) is 2.37. The third kappa shape index (κ3) is 3.84. The molecule has 3 heteroatoms. The Hall–Kier alpha value is -1.35. The fourth-order valence-corrected chi connectivity index (χ4v) is 1.95. The molecule has 0 bridgehead atoms. The Kier molecular flexibility index (Phi) is 5.35. The molecule has 1 aromatic carbocycles. The molecule has 1 rings (SSSR count). The first-order chi connectivity index (χ1) is 8.51. The first-order valence-electron chi connectivity index (χ1n) is 6.41. The standard InChI is InChI=1S/C15H23NO2/c1-5-10-16-15(3,11-14(17)18-4)13-8-6-12(2)7-9-13/h6-9,16H,5,10-11H2,1-4H3. The molecule has 0 aliphatic carbocycles. The number of hydrogen-bond acceptors (Lipinski definition) is 3. The molecule has 100 valence electrons. The molecule has 0 aliphatic rings. The van der Waals surface area contributed by atoms with Crippen molar-refractivity contribution in [3.63, 3.8) is 0 Å². The van der Waals surface area contributed by atoms with Crippen molar-refractivity contribution in [2.45, 2.75) is 39.2 Å². The lowest BCUT2D eigenvalue weighted by atomic mass is 9.88. The number of methoxy groups -OCH3 is 1. The van der Waals surface area contributed by atoms with Gasteiger partial charge in [0.15, 0.2) is 0 Å². The number of hydrogen-bond donors (Lipinski definition) is 1. The molecule has 1 aromatic rings. The van der Waals surface area contributed by atoms with E-state index >= 15 is 0 Å². The summed E-state index contributed by atoms with van der Waals surface area (Å²) in [6.07, 6.45) is 1.37. The van der Waals surface area contributed by atoms with Gasteiger partial charge in [-0.3, -0.25) is 4.79 Å². The predicted molar refractivity (Wildman–Crippen MR) is 73.5 cm³/mol. The van der Waals surface area contributed by atoms with E-state index < -0.39 is 0 Å². The Balaban J connectivity index is 2.95. The number of nitrogens with one attached hydrogen (secondary N) is 1. The summed E-state index contributed by atoms with van der Waals surface area (Å²) in [5.74, 6) is -0.193. The summed E-state index contributed by atoms with van der Waals surface area (Å²) in [5.41, 5.74) is 1.97. The van der Waals surface area contributed by atoms with Crippen LogP contribution in [0.5, 0.6) is 0 Å². The van der Waals surface area contributed by atoms with Crippen LogP contribution in [0.2, 0.25) is 0 Å². The summed E-state index contributed by atoms with van der Waals surface area (Å²) in [7, 11) is 1.43. The van der Waals surface area contributed by atoms with Gasteiger partial charge in [0.2, 0.25) is 0 Å². The number of ether oxygens (including phenoxy) is 1. The molecular formula is C15H23NO2. The van der Waals surface area contributed by atoms with Crippen molar-refractivity contribution in [2.75, 3.05) is 13.7 Å². The zero-order valence-electron chi connectivity index (χ0n) is 11.7. The van der Waals surface area contributed by atoms with E-state index in [1.807, 2.05) is 6.92 Å². The zero-order valence-corrected chi connectivity index (χ0v) is 11.7. The molecule has 1 N–H and O–H groups in total. The second-order valence-corrected chi connectivity index (χ2v) is 4.88. The smallest absolute Gasteiger partial charge is 0.307 e. The molecule has 0 radical (unpaired) electrons. The van der Waals surface area contributed by atoms with Crippen LogP contribution >= 0.6 is 0 Å². The van der Waals surface area contributed by atoms with Gasteiger partial charge in [-0.25, -0.2) is 0 Å². The van der Waals surface area contributed by atoms with Crippen LogP contribution in [0, 0.1) is 6.92 Å². The van der Waals surface area contributed by atoms with Crippen molar-refractivity contribution in [1.82, 2.24) is 5.32 Å². The van der Waals surface area contributed by atoms with Crippen molar-refractivity contribution >= 4 is 5.97 Å². The Labute approximate surface area is 110 Å². The van der Waals surface area contributed by atoms with Crippen LogP contribution in [0.1, 0.15) is 37.8 Å². The quantitative estimate of drug-likeness (QED) is 0.788. The Morgan fingerprint density at radius 3 is 2.44 bits per heavy atom. The lowest BCUT2D eigenvalue weighted by Crippen LogP contribution is -2.42. The topological polar surface area (TPSA) is 38.3 Å². The van der Waals surface area contributed by atoms with Gasteiger partial charge in [-0.05, 0) is 32.4 Å². The van der Waals surface area contributed by atoms with Crippen LogP contribution in [0.25, 0.3) is 0 Å². The van der Waals surface area contributed by atoms with Crippen LogP contribution in [-0.2, 0) is 15.1 Å². The molecule has 18 heavy (non-hydrogen) atoms. The minimum atomic E-state index is -0.364. The molecule has 0 spiro atoms. The zero-order chi connectivity index (χ0) is 13.6. The van der Waals surface area contributed by atoms with Crippen molar-refractivity contribution in [2.24, 2.45) is 0 Å². The molecule has 3 nitrogen and oxygen atoms in total. The van der Waals surface area contributed by atoms with E-state index in [1.54, 1.807) is 0 Å². The molecule has 1 unspecified atom stereocenters. The van der Waals surface area contributed by atoms with Gasteiger partial charge in [0.05, 0.1) is 19.1 Å². The highest BCUT2D eigenvalue weighted by atomic mass is 16.5. The van der Waals surface area contributed by atoms with E-state index in [0.717, 1.165) is 18.5 Å². The SMILES string of the molecule is CCCNC(C)(CC(=O)OC)c1ccc(C)cc1. The summed E-state index contributed by atoms with van der Waals surface area (Å²) in [4.78, 5) is 11.6. The summed E-state index contributed by atoms with van der Waals surface area (Å²) >= 11 is 0. The molecule has 0 aliphatic heterocycles. The molecular weight excluding hydrogens is 226 g/mol. The highest BCUT2D eigenvalue weighted by molar-refractivity contribution is 5.71. The van der Waals surface area contributed by atoms with Crippen LogP contribution in [0.4, 0.5) is 0 Å². The molecule has 0 aromatic heterocycles. The highest BCUT2D eigenvalue weighted by Gasteiger charge is 2.29. The third-order valence-electron chi connectivity index (χ3n) is 3.18. The van der Waals surface area contributed by atoms with Crippen molar-refractivity contribution in [3.8, 4) is 0 Å². The third-order valence-corrected chi connectivity index (χ3v) is 3.18. The maximum Gasteiger partial charge on any atom is 0.307 e. The van der Waals surface area contributed by atoms with E-state index in [1.165, 1.54) is 12.7 Å². The summed E-state index contributed by atoms with van der Waals surface area (Å²) in [6, 6.07) is 8.28. The summed E-state index contributed by atoms with van der Waals surface area (Å²) in [5, 5.41) is 3.45. The lowest BCUT2D eigenvalue weighted by Gasteiger charge is -2.30.